The lowest BCUT2D eigenvalue weighted by Gasteiger charge is -2.31. The van der Waals surface area contributed by atoms with E-state index in [1.54, 1.807) is 6.07 Å². The number of nitro benzene ring substituents is 1. The van der Waals surface area contributed by atoms with Gasteiger partial charge in [-0.25, -0.2) is 0 Å². The normalized spacial score (nSPS) is 14.7. The molecular formula is C20H19N3O3. The molecule has 6 heteroatoms. The molecule has 0 N–H and O–H groups in total. The predicted molar refractivity (Wildman–Crippen MR) is 100 cm³/mol. The number of fused-ring (bicyclic) bond motifs is 1. The van der Waals surface area contributed by atoms with Gasteiger partial charge in [0.15, 0.2) is 0 Å². The first-order chi connectivity index (χ1) is 12.5. The molecule has 0 atom stereocenters. The van der Waals surface area contributed by atoms with E-state index in [0.717, 1.165) is 30.0 Å². The Morgan fingerprint density at radius 2 is 2.12 bits per heavy atom. The molecule has 0 saturated carbocycles. The first kappa shape index (κ1) is 17.5. The van der Waals surface area contributed by atoms with E-state index < -0.39 is 4.92 Å². The average molecular weight is 349 g/mol. The second kappa shape index (κ2) is 7.28. The maximum atomic E-state index is 10.9. The highest BCUT2D eigenvalue weighted by Crippen LogP contribution is 2.35. The third-order valence-electron chi connectivity index (χ3n) is 4.49. The average Bonchev–Trinajstić information content (AvgIpc) is 2.64. The van der Waals surface area contributed by atoms with E-state index in [1.807, 2.05) is 32.2 Å². The molecule has 0 aromatic heterocycles. The van der Waals surface area contributed by atoms with Gasteiger partial charge in [-0.2, -0.15) is 5.26 Å². The monoisotopic (exact) mass is 349 g/mol. The summed E-state index contributed by atoms with van der Waals surface area (Å²) in [7, 11) is 1.99. The summed E-state index contributed by atoms with van der Waals surface area (Å²) in [6, 6.07) is 12.5. The van der Waals surface area contributed by atoms with Crippen LogP contribution in [0.25, 0.3) is 6.08 Å². The fourth-order valence-electron chi connectivity index (χ4n) is 3.16. The fraction of sp³-hybridized carbons (Fsp3) is 0.250. The van der Waals surface area contributed by atoms with Crippen molar-refractivity contribution in [3.05, 3.63) is 68.9 Å². The van der Waals surface area contributed by atoms with Gasteiger partial charge in [0.2, 0.25) is 0 Å². The first-order valence-electron chi connectivity index (χ1n) is 8.42. The minimum absolute atomic E-state index is 0.0745. The Bertz CT molecular complexity index is 928. The Labute approximate surface area is 152 Å². The molecule has 6 nitrogen and oxygen atoms in total. The number of ether oxygens (including phenoxy) is 1. The lowest BCUT2D eigenvalue weighted by molar-refractivity contribution is -0.384. The molecule has 1 heterocycles. The smallest absolute Gasteiger partial charge is 0.270 e. The molecule has 0 amide bonds. The van der Waals surface area contributed by atoms with Crippen LogP contribution in [0.3, 0.4) is 0 Å². The fourth-order valence-corrected chi connectivity index (χ4v) is 3.16. The number of nitrogens with zero attached hydrogens (tertiary/aromatic N) is 3. The van der Waals surface area contributed by atoms with Crippen LogP contribution in [0, 0.1) is 21.4 Å². The maximum absolute atomic E-state index is 10.9. The second-order valence-corrected chi connectivity index (χ2v) is 6.06. The molecule has 0 spiro atoms. The van der Waals surface area contributed by atoms with E-state index in [-0.39, 0.29) is 5.69 Å². The minimum atomic E-state index is -0.489. The summed E-state index contributed by atoms with van der Waals surface area (Å²) in [6.07, 6.45) is 3.63. The van der Waals surface area contributed by atoms with Crippen molar-refractivity contribution in [1.82, 2.24) is 0 Å². The lowest BCUT2D eigenvalue weighted by atomic mass is 9.97. The molecule has 0 bridgehead atoms. The van der Waals surface area contributed by atoms with Crippen LogP contribution in [0.4, 0.5) is 11.4 Å². The number of rotatable bonds is 4. The van der Waals surface area contributed by atoms with E-state index in [0.29, 0.717) is 17.7 Å². The van der Waals surface area contributed by atoms with E-state index in [9.17, 15) is 15.4 Å². The molecule has 1 aliphatic heterocycles. The summed E-state index contributed by atoms with van der Waals surface area (Å²) in [6.45, 7) is 2.60. The van der Waals surface area contributed by atoms with Gasteiger partial charge in [-0.05, 0) is 61.2 Å². The number of nitro groups is 1. The number of benzene rings is 2. The van der Waals surface area contributed by atoms with Crippen LogP contribution in [-0.4, -0.2) is 18.6 Å². The number of allylic oxidation sites excluding steroid dienone is 1. The standard InChI is InChI=1S/C20H19N3O3/c1-3-26-19-8-9-20-15(12-19)5-6-17(22(20)2)10-14-4-7-18(23(24)25)11-16(14)13-21/h4,7-12H,3,5-6H2,1-2H3. The van der Waals surface area contributed by atoms with Crippen molar-refractivity contribution in [2.45, 2.75) is 19.8 Å². The number of aryl methyl sites for hydroxylation is 1. The summed E-state index contributed by atoms with van der Waals surface area (Å²) in [4.78, 5) is 12.5. The number of non-ortho nitro benzene ring substituents is 1. The Kier molecular flexibility index (Phi) is 4.90. The summed E-state index contributed by atoms with van der Waals surface area (Å²) in [5, 5.41) is 20.2. The first-order valence-corrected chi connectivity index (χ1v) is 8.42. The van der Waals surface area contributed by atoms with Gasteiger partial charge in [-0.3, -0.25) is 10.1 Å². The van der Waals surface area contributed by atoms with Gasteiger partial charge in [0.1, 0.15) is 11.8 Å². The van der Waals surface area contributed by atoms with E-state index in [4.69, 9.17) is 4.74 Å². The van der Waals surface area contributed by atoms with Crippen molar-refractivity contribution in [2.24, 2.45) is 0 Å². The molecule has 26 heavy (non-hydrogen) atoms. The summed E-state index contributed by atoms with van der Waals surface area (Å²) < 4.78 is 5.57. The highest BCUT2D eigenvalue weighted by atomic mass is 16.6. The van der Waals surface area contributed by atoms with Gasteiger partial charge in [-0.15, -0.1) is 0 Å². The Hall–Kier alpha value is -3.33. The minimum Gasteiger partial charge on any atom is -0.494 e. The zero-order valence-electron chi connectivity index (χ0n) is 14.7. The highest BCUT2D eigenvalue weighted by Gasteiger charge is 2.19. The SMILES string of the molecule is CCOc1ccc2c(c1)CCC(=Cc1ccc([N+](=O)[O-])cc1C#N)N2C. The molecular weight excluding hydrogens is 330 g/mol. The highest BCUT2D eigenvalue weighted by molar-refractivity contribution is 5.70. The van der Waals surface area contributed by atoms with Crippen molar-refractivity contribution >= 4 is 17.5 Å². The van der Waals surface area contributed by atoms with E-state index >= 15 is 0 Å². The van der Waals surface area contributed by atoms with Gasteiger partial charge >= 0.3 is 0 Å². The maximum Gasteiger partial charge on any atom is 0.270 e. The topological polar surface area (TPSA) is 79.4 Å². The zero-order chi connectivity index (χ0) is 18.7. The van der Waals surface area contributed by atoms with Crippen molar-refractivity contribution in [3.63, 3.8) is 0 Å². The molecule has 132 valence electrons. The molecule has 3 rings (SSSR count). The quantitative estimate of drug-likeness (QED) is 0.608. The van der Waals surface area contributed by atoms with Crippen LogP contribution in [-0.2, 0) is 6.42 Å². The zero-order valence-corrected chi connectivity index (χ0v) is 14.7. The van der Waals surface area contributed by atoms with E-state index in [1.165, 1.54) is 17.7 Å². The number of hydrogen-bond donors (Lipinski definition) is 0. The second-order valence-electron chi connectivity index (χ2n) is 6.06. The molecule has 1 aliphatic rings. The van der Waals surface area contributed by atoms with Crippen LogP contribution < -0.4 is 9.64 Å². The van der Waals surface area contributed by atoms with Crippen LogP contribution in [0.2, 0.25) is 0 Å². The summed E-state index contributed by atoms with van der Waals surface area (Å²) in [5.74, 6) is 0.870. The van der Waals surface area contributed by atoms with Crippen molar-refractivity contribution in [1.29, 1.82) is 5.26 Å². The van der Waals surface area contributed by atoms with Crippen LogP contribution in [0.15, 0.2) is 42.1 Å². The molecule has 0 saturated heterocycles. The molecule has 0 aliphatic carbocycles. The number of hydrogen-bond acceptors (Lipinski definition) is 5. The third kappa shape index (κ3) is 3.38. The molecule has 0 unspecified atom stereocenters. The number of nitriles is 1. The van der Waals surface area contributed by atoms with Gasteiger partial charge in [0.05, 0.1) is 17.1 Å². The molecule has 0 radical (unpaired) electrons. The van der Waals surface area contributed by atoms with Gasteiger partial charge in [-0.1, -0.05) is 0 Å². The van der Waals surface area contributed by atoms with Gasteiger partial charge in [0, 0.05) is 30.6 Å². The van der Waals surface area contributed by atoms with Gasteiger partial charge < -0.3 is 9.64 Å². The van der Waals surface area contributed by atoms with Crippen molar-refractivity contribution < 1.29 is 9.66 Å². The van der Waals surface area contributed by atoms with E-state index in [2.05, 4.69) is 17.0 Å². The van der Waals surface area contributed by atoms with Crippen LogP contribution >= 0.6 is 0 Å². The van der Waals surface area contributed by atoms with Crippen LogP contribution in [0.5, 0.6) is 5.75 Å². The largest absolute Gasteiger partial charge is 0.494 e. The van der Waals surface area contributed by atoms with Crippen LogP contribution in [0.1, 0.15) is 30.0 Å². The Morgan fingerprint density at radius 1 is 1.31 bits per heavy atom. The molecule has 2 aromatic carbocycles. The van der Waals surface area contributed by atoms with Crippen molar-refractivity contribution in [3.8, 4) is 11.8 Å². The Morgan fingerprint density at radius 3 is 2.81 bits per heavy atom. The third-order valence-corrected chi connectivity index (χ3v) is 4.49. The van der Waals surface area contributed by atoms with Gasteiger partial charge in [0.25, 0.3) is 5.69 Å². The lowest BCUT2D eigenvalue weighted by Crippen LogP contribution is -2.22. The predicted octanol–water partition coefficient (Wildman–Crippen LogP) is 4.29. The Balaban J connectivity index is 1.94. The molecule has 2 aromatic rings. The van der Waals surface area contributed by atoms with Crippen molar-refractivity contribution in [2.75, 3.05) is 18.6 Å². The summed E-state index contributed by atoms with van der Waals surface area (Å²) >= 11 is 0. The molecule has 0 fully saturated rings. The summed E-state index contributed by atoms with van der Waals surface area (Å²) in [5.41, 5.74) is 4.31. The number of anilines is 1.